The highest BCUT2D eigenvalue weighted by Crippen LogP contribution is 2.09. The molecule has 0 spiro atoms. The number of nitrogens with one attached hydrogen (secondary N) is 2. The zero-order valence-corrected chi connectivity index (χ0v) is 9.29. The normalized spacial score (nSPS) is 22.2. The summed E-state index contributed by atoms with van der Waals surface area (Å²) in [5, 5.41) is 10.4. The van der Waals surface area contributed by atoms with Crippen LogP contribution in [0.1, 0.15) is 31.4 Å². The van der Waals surface area contributed by atoms with Gasteiger partial charge in [-0.15, -0.1) is 0 Å². The van der Waals surface area contributed by atoms with Gasteiger partial charge < -0.3 is 10.1 Å². The number of aromatic amines is 1. The van der Waals surface area contributed by atoms with Gasteiger partial charge in [-0.1, -0.05) is 13.8 Å². The van der Waals surface area contributed by atoms with Gasteiger partial charge in [0.25, 0.3) is 0 Å². The Labute approximate surface area is 89.6 Å². The van der Waals surface area contributed by atoms with Crippen LogP contribution in [0.2, 0.25) is 0 Å². The smallest absolute Gasteiger partial charge is 0.153 e. The lowest BCUT2D eigenvalue weighted by molar-refractivity contribution is 0.0281. The first kappa shape index (κ1) is 10.6. The SMILES string of the molecule is CC(C)c1n[nH]c(CC2CNCCO2)n1. The van der Waals surface area contributed by atoms with Gasteiger partial charge in [0.05, 0.1) is 12.7 Å². The number of hydrogen-bond acceptors (Lipinski definition) is 4. The summed E-state index contributed by atoms with van der Waals surface area (Å²) < 4.78 is 5.60. The minimum atomic E-state index is 0.228. The molecule has 1 aromatic heterocycles. The van der Waals surface area contributed by atoms with E-state index >= 15 is 0 Å². The standard InChI is InChI=1S/C10H18N4O/c1-7(2)10-12-9(13-14-10)5-8-6-11-3-4-15-8/h7-8,11H,3-6H2,1-2H3,(H,12,13,14). The molecule has 1 aromatic rings. The van der Waals surface area contributed by atoms with E-state index in [4.69, 9.17) is 4.74 Å². The van der Waals surface area contributed by atoms with Gasteiger partial charge in [-0.3, -0.25) is 5.10 Å². The van der Waals surface area contributed by atoms with Gasteiger partial charge in [0, 0.05) is 25.4 Å². The van der Waals surface area contributed by atoms with Gasteiger partial charge in [-0.05, 0) is 0 Å². The minimum Gasteiger partial charge on any atom is -0.375 e. The summed E-state index contributed by atoms with van der Waals surface area (Å²) in [6, 6.07) is 0. The first-order valence-electron chi connectivity index (χ1n) is 5.49. The van der Waals surface area contributed by atoms with Crippen molar-refractivity contribution in [3.8, 4) is 0 Å². The average Bonchev–Trinajstić information content (AvgIpc) is 2.68. The third-order valence-electron chi connectivity index (χ3n) is 2.49. The molecule has 1 aliphatic rings. The van der Waals surface area contributed by atoms with Crippen LogP contribution in [-0.4, -0.2) is 41.0 Å². The third-order valence-corrected chi connectivity index (χ3v) is 2.49. The fourth-order valence-corrected chi connectivity index (χ4v) is 1.63. The molecule has 0 aliphatic carbocycles. The quantitative estimate of drug-likeness (QED) is 0.760. The molecular weight excluding hydrogens is 192 g/mol. The van der Waals surface area contributed by atoms with E-state index in [-0.39, 0.29) is 6.10 Å². The largest absolute Gasteiger partial charge is 0.375 e. The Morgan fingerprint density at radius 3 is 3.00 bits per heavy atom. The first-order chi connectivity index (χ1) is 7.25. The fourth-order valence-electron chi connectivity index (χ4n) is 1.63. The summed E-state index contributed by atoms with van der Waals surface area (Å²) in [5.74, 6) is 2.18. The van der Waals surface area contributed by atoms with E-state index in [1.165, 1.54) is 0 Å². The topological polar surface area (TPSA) is 62.8 Å². The maximum absolute atomic E-state index is 5.60. The van der Waals surface area contributed by atoms with E-state index in [0.717, 1.165) is 37.8 Å². The van der Waals surface area contributed by atoms with Crippen LogP contribution in [0.25, 0.3) is 0 Å². The Morgan fingerprint density at radius 2 is 2.40 bits per heavy atom. The number of H-pyrrole nitrogens is 1. The maximum atomic E-state index is 5.60. The number of aromatic nitrogens is 3. The molecule has 0 bridgehead atoms. The van der Waals surface area contributed by atoms with Crippen LogP contribution in [0.4, 0.5) is 0 Å². The Morgan fingerprint density at radius 1 is 1.53 bits per heavy atom. The van der Waals surface area contributed by atoms with Gasteiger partial charge in [-0.2, -0.15) is 5.10 Å². The van der Waals surface area contributed by atoms with Crippen LogP contribution in [0, 0.1) is 0 Å². The lowest BCUT2D eigenvalue weighted by atomic mass is 10.2. The second kappa shape index (κ2) is 4.72. The maximum Gasteiger partial charge on any atom is 0.153 e. The summed E-state index contributed by atoms with van der Waals surface area (Å²) in [5.41, 5.74) is 0. The van der Waals surface area contributed by atoms with Crippen LogP contribution >= 0.6 is 0 Å². The van der Waals surface area contributed by atoms with E-state index in [2.05, 4.69) is 34.3 Å². The monoisotopic (exact) mass is 210 g/mol. The molecule has 1 aliphatic heterocycles. The summed E-state index contributed by atoms with van der Waals surface area (Å²) in [6.45, 7) is 6.81. The molecule has 2 rings (SSSR count). The molecule has 15 heavy (non-hydrogen) atoms. The van der Waals surface area contributed by atoms with E-state index < -0.39 is 0 Å². The molecule has 5 nitrogen and oxygen atoms in total. The predicted octanol–water partition coefficient (Wildman–Crippen LogP) is 0.459. The highest BCUT2D eigenvalue weighted by molar-refractivity contribution is 4.96. The first-order valence-corrected chi connectivity index (χ1v) is 5.49. The van der Waals surface area contributed by atoms with E-state index in [0.29, 0.717) is 5.92 Å². The highest BCUT2D eigenvalue weighted by atomic mass is 16.5. The minimum absolute atomic E-state index is 0.228. The zero-order chi connectivity index (χ0) is 10.7. The van der Waals surface area contributed by atoms with Crippen LogP contribution < -0.4 is 5.32 Å². The molecule has 0 amide bonds. The molecule has 0 saturated carbocycles. The Balaban J connectivity index is 1.91. The van der Waals surface area contributed by atoms with Crippen LogP contribution in [0.5, 0.6) is 0 Å². The summed E-state index contributed by atoms with van der Waals surface area (Å²) in [6.07, 6.45) is 1.04. The molecule has 1 fully saturated rings. The van der Waals surface area contributed by atoms with E-state index in [9.17, 15) is 0 Å². The molecule has 5 heteroatoms. The van der Waals surface area contributed by atoms with Crippen molar-refractivity contribution in [3.05, 3.63) is 11.6 Å². The molecule has 1 saturated heterocycles. The number of nitrogens with zero attached hydrogens (tertiary/aromatic N) is 2. The number of morpholine rings is 1. The van der Waals surface area contributed by atoms with E-state index in [1.807, 2.05) is 0 Å². The lowest BCUT2D eigenvalue weighted by Gasteiger charge is -2.22. The fraction of sp³-hybridized carbons (Fsp3) is 0.800. The highest BCUT2D eigenvalue weighted by Gasteiger charge is 2.16. The Hall–Kier alpha value is -0.940. The van der Waals surface area contributed by atoms with Gasteiger partial charge in [0.2, 0.25) is 0 Å². The zero-order valence-electron chi connectivity index (χ0n) is 9.29. The second-order valence-electron chi connectivity index (χ2n) is 4.20. The Kier molecular flexibility index (Phi) is 3.33. The Bertz CT molecular complexity index is 304. The molecule has 84 valence electrons. The van der Waals surface area contributed by atoms with Crippen molar-refractivity contribution in [1.82, 2.24) is 20.5 Å². The summed E-state index contributed by atoms with van der Waals surface area (Å²) >= 11 is 0. The van der Waals surface area contributed by atoms with Gasteiger partial charge in [-0.25, -0.2) is 4.98 Å². The van der Waals surface area contributed by atoms with Crippen LogP contribution in [0.15, 0.2) is 0 Å². The van der Waals surface area contributed by atoms with Crippen LogP contribution in [0.3, 0.4) is 0 Å². The summed E-state index contributed by atoms with van der Waals surface area (Å²) in [4.78, 5) is 4.43. The van der Waals surface area contributed by atoms with Gasteiger partial charge in [0.1, 0.15) is 5.82 Å². The van der Waals surface area contributed by atoms with Crippen molar-refractivity contribution in [3.63, 3.8) is 0 Å². The molecule has 0 aromatic carbocycles. The van der Waals surface area contributed by atoms with Crippen molar-refractivity contribution in [2.45, 2.75) is 32.3 Å². The average molecular weight is 210 g/mol. The number of hydrogen-bond donors (Lipinski definition) is 2. The lowest BCUT2D eigenvalue weighted by Crippen LogP contribution is -2.39. The molecule has 2 heterocycles. The van der Waals surface area contributed by atoms with Crippen molar-refractivity contribution in [1.29, 1.82) is 0 Å². The van der Waals surface area contributed by atoms with Crippen molar-refractivity contribution in [2.24, 2.45) is 0 Å². The number of ether oxygens (including phenoxy) is 1. The van der Waals surface area contributed by atoms with Gasteiger partial charge in [0.15, 0.2) is 5.82 Å². The molecule has 1 unspecified atom stereocenters. The van der Waals surface area contributed by atoms with Crippen molar-refractivity contribution < 1.29 is 4.74 Å². The van der Waals surface area contributed by atoms with Crippen LogP contribution in [-0.2, 0) is 11.2 Å². The second-order valence-corrected chi connectivity index (χ2v) is 4.20. The van der Waals surface area contributed by atoms with Gasteiger partial charge >= 0.3 is 0 Å². The molecular formula is C10H18N4O. The molecule has 2 N–H and O–H groups in total. The third kappa shape index (κ3) is 2.76. The molecule has 1 atom stereocenters. The van der Waals surface area contributed by atoms with Crippen molar-refractivity contribution in [2.75, 3.05) is 19.7 Å². The predicted molar refractivity (Wildman–Crippen MR) is 56.8 cm³/mol. The van der Waals surface area contributed by atoms with Crippen molar-refractivity contribution >= 4 is 0 Å². The van der Waals surface area contributed by atoms with E-state index in [1.54, 1.807) is 0 Å². The molecule has 0 radical (unpaired) electrons. The number of rotatable bonds is 3. The summed E-state index contributed by atoms with van der Waals surface area (Å²) in [7, 11) is 0.